The number of halogens is 1. The van der Waals surface area contributed by atoms with Crippen LogP contribution >= 0.6 is 27.3 Å². The van der Waals surface area contributed by atoms with Crippen molar-refractivity contribution in [2.75, 3.05) is 0 Å². The predicted molar refractivity (Wildman–Crippen MR) is 62.3 cm³/mol. The van der Waals surface area contributed by atoms with Crippen LogP contribution in [-0.4, -0.2) is 4.98 Å². The Morgan fingerprint density at radius 1 is 1.36 bits per heavy atom. The molecule has 2 rings (SSSR count). The number of hydrogen-bond donors (Lipinski definition) is 1. The first-order valence-electron chi connectivity index (χ1n) is 4.18. The minimum atomic E-state index is -0.0694. The maximum Gasteiger partial charge on any atom is 0.0702 e. The number of aromatic nitrogens is 1. The van der Waals surface area contributed by atoms with Crippen molar-refractivity contribution >= 4 is 27.3 Å². The molecule has 0 aromatic carbocycles. The van der Waals surface area contributed by atoms with Gasteiger partial charge in [0.25, 0.3) is 0 Å². The summed E-state index contributed by atoms with van der Waals surface area (Å²) in [6.07, 6.45) is 3.55. The van der Waals surface area contributed by atoms with Gasteiger partial charge in [0.15, 0.2) is 0 Å². The Morgan fingerprint density at radius 2 is 2.21 bits per heavy atom. The van der Waals surface area contributed by atoms with Crippen LogP contribution < -0.4 is 5.73 Å². The molecule has 2 nitrogen and oxygen atoms in total. The lowest BCUT2D eigenvalue weighted by atomic mass is 10.1. The molecule has 72 valence electrons. The molecule has 0 aliphatic carbocycles. The summed E-state index contributed by atoms with van der Waals surface area (Å²) in [5, 5.41) is 0. The molecule has 0 aliphatic rings. The molecule has 2 aromatic heterocycles. The zero-order valence-electron chi connectivity index (χ0n) is 7.35. The number of nitrogens with zero attached hydrogens (tertiary/aromatic N) is 1. The van der Waals surface area contributed by atoms with Gasteiger partial charge in [0.05, 0.1) is 9.83 Å². The maximum atomic E-state index is 6.08. The molecule has 0 saturated heterocycles. The maximum absolute atomic E-state index is 6.08. The Morgan fingerprint density at radius 3 is 2.79 bits per heavy atom. The molecule has 14 heavy (non-hydrogen) atoms. The summed E-state index contributed by atoms with van der Waals surface area (Å²) < 4.78 is 1.10. The molecule has 2 N–H and O–H groups in total. The molecule has 2 aromatic rings. The van der Waals surface area contributed by atoms with Crippen molar-refractivity contribution in [2.24, 2.45) is 5.73 Å². The molecule has 0 aliphatic heterocycles. The van der Waals surface area contributed by atoms with E-state index in [0.29, 0.717) is 0 Å². The fraction of sp³-hybridized carbons (Fsp3) is 0.100. The fourth-order valence-corrected chi connectivity index (χ4v) is 2.67. The summed E-state index contributed by atoms with van der Waals surface area (Å²) >= 11 is 5.07. The van der Waals surface area contributed by atoms with Crippen molar-refractivity contribution in [1.29, 1.82) is 0 Å². The highest BCUT2D eigenvalue weighted by atomic mass is 79.9. The smallest absolute Gasteiger partial charge is 0.0702 e. The second-order valence-corrected chi connectivity index (χ2v) is 5.40. The third kappa shape index (κ3) is 2.03. The summed E-state index contributed by atoms with van der Waals surface area (Å²) in [7, 11) is 0. The third-order valence-corrected chi connectivity index (χ3v) is 3.65. The van der Waals surface area contributed by atoms with Crippen LogP contribution in [0.1, 0.15) is 16.5 Å². The quantitative estimate of drug-likeness (QED) is 0.910. The zero-order chi connectivity index (χ0) is 9.97. The highest BCUT2D eigenvalue weighted by Gasteiger charge is 2.10. The molecule has 2 heterocycles. The SMILES string of the molecule is NC(c1cccnc1)c1ccc(Br)s1. The topological polar surface area (TPSA) is 38.9 Å². The second kappa shape index (κ2) is 4.21. The van der Waals surface area contributed by atoms with Crippen molar-refractivity contribution in [1.82, 2.24) is 4.98 Å². The molecular weight excluding hydrogens is 260 g/mol. The van der Waals surface area contributed by atoms with Gasteiger partial charge in [-0.15, -0.1) is 11.3 Å². The van der Waals surface area contributed by atoms with Crippen LogP contribution in [0.3, 0.4) is 0 Å². The molecule has 0 amide bonds. The number of hydrogen-bond acceptors (Lipinski definition) is 3. The number of rotatable bonds is 2. The van der Waals surface area contributed by atoms with Gasteiger partial charge in [0.1, 0.15) is 0 Å². The molecular formula is C10H9BrN2S. The fourth-order valence-electron chi connectivity index (χ4n) is 1.22. The van der Waals surface area contributed by atoms with Gasteiger partial charge in [0.2, 0.25) is 0 Å². The van der Waals surface area contributed by atoms with Crippen molar-refractivity contribution < 1.29 is 0 Å². The van der Waals surface area contributed by atoms with E-state index in [4.69, 9.17) is 5.73 Å². The lowest BCUT2D eigenvalue weighted by Gasteiger charge is -2.08. The van der Waals surface area contributed by atoms with Crippen LogP contribution in [0.15, 0.2) is 40.4 Å². The van der Waals surface area contributed by atoms with E-state index in [1.54, 1.807) is 23.7 Å². The van der Waals surface area contributed by atoms with Gasteiger partial charge in [-0.25, -0.2) is 0 Å². The average molecular weight is 269 g/mol. The van der Waals surface area contributed by atoms with Gasteiger partial charge < -0.3 is 5.73 Å². The van der Waals surface area contributed by atoms with Gasteiger partial charge in [-0.1, -0.05) is 6.07 Å². The first-order valence-corrected chi connectivity index (χ1v) is 5.79. The van der Waals surface area contributed by atoms with E-state index in [1.807, 2.05) is 24.3 Å². The molecule has 0 radical (unpaired) electrons. The molecule has 1 unspecified atom stereocenters. The molecule has 0 spiro atoms. The average Bonchev–Trinajstić information content (AvgIpc) is 2.65. The first-order chi connectivity index (χ1) is 6.77. The summed E-state index contributed by atoms with van der Waals surface area (Å²) in [5.74, 6) is 0. The van der Waals surface area contributed by atoms with E-state index in [2.05, 4.69) is 20.9 Å². The summed E-state index contributed by atoms with van der Waals surface area (Å²) in [6.45, 7) is 0. The van der Waals surface area contributed by atoms with Crippen LogP contribution in [0.2, 0.25) is 0 Å². The standard InChI is InChI=1S/C10H9BrN2S/c11-9-4-3-8(14-9)10(12)7-2-1-5-13-6-7/h1-6,10H,12H2. The lowest BCUT2D eigenvalue weighted by Crippen LogP contribution is -2.09. The van der Waals surface area contributed by atoms with E-state index < -0.39 is 0 Å². The summed E-state index contributed by atoms with van der Waals surface area (Å²) in [6, 6.07) is 7.87. The molecule has 0 bridgehead atoms. The number of pyridine rings is 1. The van der Waals surface area contributed by atoms with Crippen molar-refractivity contribution in [3.8, 4) is 0 Å². The Labute approximate surface area is 94.9 Å². The Bertz CT molecular complexity index is 413. The normalized spacial score (nSPS) is 12.7. The minimum Gasteiger partial charge on any atom is -0.320 e. The first kappa shape index (κ1) is 9.83. The van der Waals surface area contributed by atoms with Gasteiger partial charge in [-0.3, -0.25) is 4.98 Å². The Kier molecular flexibility index (Phi) is 2.96. The highest BCUT2D eigenvalue weighted by Crippen LogP contribution is 2.29. The van der Waals surface area contributed by atoms with E-state index in [-0.39, 0.29) is 6.04 Å². The minimum absolute atomic E-state index is 0.0694. The largest absolute Gasteiger partial charge is 0.320 e. The van der Waals surface area contributed by atoms with Crippen LogP contribution in [0.4, 0.5) is 0 Å². The van der Waals surface area contributed by atoms with Crippen molar-refractivity contribution in [3.05, 3.63) is 50.9 Å². The van der Waals surface area contributed by atoms with Gasteiger partial charge >= 0.3 is 0 Å². The lowest BCUT2D eigenvalue weighted by molar-refractivity contribution is 0.884. The van der Waals surface area contributed by atoms with E-state index in [1.165, 1.54) is 0 Å². The van der Waals surface area contributed by atoms with Crippen LogP contribution in [-0.2, 0) is 0 Å². The van der Waals surface area contributed by atoms with Gasteiger partial charge in [-0.05, 0) is 39.7 Å². The van der Waals surface area contributed by atoms with Crippen LogP contribution in [0, 0.1) is 0 Å². The Balaban J connectivity index is 2.29. The van der Waals surface area contributed by atoms with E-state index in [9.17, 15) is 0 Å². The summed E-state index contributed by atoms with van der Waals surface area (Å²) in [5.41, 5.74) is 7.12. The predicted octanol–water partition coefficient (Wildman–Crippen LogP) is 2.95. The molecule has 0 saturated carbocycles. The zero-order valence-corrected chi connectivity index (χ0v) is 9.75. The highest BCUT2D eigenvalue weighted by molar-refractivity contribution is 9.11. The Hall–Kier alpha value is -0.710. The number of thiophene rings is 1. The molecule has 0 fully saturated rings. The van der Waals surface area contributed by atoms with Gasteiger partial charge in [-0.2, -0.15) is 0 Å². The second-order valence-electron chi connectivity index (χ2n) is 2.91. The molecule has 4 heteroatoms. The third-order valence-electron chi connectivity index (χ3n) is 1.94. The number of nitrogens with two attached hydrogens (primary N) is 1. The van der Waals surface area contributed by atoms with E-state index >= 15 is 0 Å². The van der Waals surface area contributed by atoms with Crippen LogP contribution in [0.25, 0.3) is 0 Å². The van der Waals surface area contributed by atoms with Crippen molar-refractivity contribution in [2.45, 2.75) is 6.04 Å². The summed E-state index contributed by atoms with van der Waals surface area (Å²) in [4.78, 5) is 5.19. The van der Waals surface area contributed by atoms with E-state index in [0.717, 1.165) is 14.2 Å². The van der Waals surface area contributed by atoms with Crippen LogP contribution in [0.5, 0.6) is 0 Å². The molecule has 1 atom stereocenters. The van der Waals surface area contributed by atoms with Gasteiger partial charge in [0, 0.05) is 17.3 Å². The monoisotopic (exact) mass is 268 g/mol. The van der Waals surface area contributed by atoms with Crippen molar-refractivity contribution in [3.63, 3.8) is 0 Å².